The van der Waals surface area contributed by atoms with Crippen molar-refractivity contribution < 1.29 is 4.74 Å². The van der Waals surface area contributed by atoms with Gasteiger partial charge in [0.15, 0.2) is 5.82 Å². The van der Waals surface area contributed by atoms with Crippen LogP contribution in [0.1, 0.15) is 11.1 Å². The first kappa shape index (κ1) is 26.0. The predicted molar refractivity (Wildman–Crippen MR) is 146 cm³/mol. The third-order valence-electron chi connectivity index (χ3n) is 5.39. The molecule has 8 nitrogen and oxygen atoms in total. The molecule has 0 unspecified atom stereocenters. The normalized spacial score (nSPS) is 14.5. The van der Waals surface area contributed by atoms with E-state index in [0.717, 1.165) is 5.56 Å². The van der Waals surface area contributed by atoms with Crippen LogP contribution in [0.2, 0.25) is 5.02 Å². The Morgan fingerprint density at radius 3 is 2.35 bits per heavy atom. The van der Waals surface area contributed by atoms with Crippen LogP contribution in [0.15, 0.2) is 95.0 Å². The number of nitriles is 2. The van der Waals surface area contributed by atoms with Crippen LogP contribution in [0.25, 0.3) is 5.70 Å². The molecule has 0 saturated carbocycles. The van der Waals surface area contributed by atoms with Gasteiger partial charge in [-0.15, -0.1) is 11.8 Å². The molecule has 2 heterocycles. The van der Waals surface area contributed by atoms with Crippen LogP contribution in [-0.2, 0) is 6.54 Å². The molecular weight excluding hydrogens is 506 g/mol. The average Bonchev–Trinajstić information content (AvgIpc) is 2.93. The Morgan fingerprint density at radius 1 is 1.05 bits per heavy atom. The summed E-state index contributed by atoms with van der Waals surface area (Å²) < 4.78 is 5.79. The van der Waals surface area contributed by atoms with Crippen LogP contribution in [0.4, 0.5) is 0 Å². The van der Waals surface area contributed by atoms with E-state index in [1.165, 1.54) is 16.8 Å². The van der Waals surface area contributed by atoms with Crippen molar-refractivity contribution in [3.63, 3.8) is 0 Å². The van der Waals surface area contributed by atoms with Gasteiger partial charge in [0.05, 0.1) is 17.3 Å². The van der Waals surface area contributed by atoms with Gasteiger partial charge in [-0.05, 0) is 48.2 Å². The fraction of sp³-hybridized carbons (Fsp3) is 0.111. The lowest BCUT2D eigenvalue weighted by molar-refractivity contribution is 0.481. The summed E-state index contributed by atoms with van der Waals surface area (Å²) in [6.07, 6.45) is 5.17. The minimum Gasteiger partial charge on any atom is -0.457 e. The highest BCUT2D eigenvalue weighted by molar-refractivity contribution is 8.13. The summed E-state index contributed by atoms with van der Waals surface area (Å²) in [5.74, 6) is 8.14. The lowest BCUT2D eigenvalue weighted by Crippen LogP contribution is -2.35. The van der Waals surface area contributed by atoms with Crippen LogP contribution in [-0.4, -0.2) is 27.8 Å². The number of hydrogen-bond acceptors (Lipinski definition) is 9. The fourth-order valence-electron chi connectivity index (χ4n) is 3.60. The number of rotatable bonds is 7. The molecule has 2 aromatic carbocycles. The van der Waals surface area contributed by atoms with Crippen molar-refractivity contribution in [2.45, 2.75) is 6.54 Å². The molecule has 184 valence electrons. The zero-order valence-corrected chi connectivity index (χ0v) is 21.4. The first-order chi connectivity index (χ1) is 18.0. The second-order valence-corrected chi connectivity index (χ2v) is 9.01. The molecule has 1 aliphatic heterocycles. The highest BCUT2D eigenvalue weighted by atomic mass is 35.5. The molecule has 10 heteroatoms. The quantitative estimate of drug-likeness (QED) is 0.316. The Bertz CT molecular complexity index is 1440. The second-order valence-electron chi connectivity index (χ2n) is 7.78. The van der Waals surface area contributed by atoms with Crippen molar-refractivity contribution in [1.29, 1.82) is 10.5 Å². The van der Waals surface area contributed by atoms with Gasteiger partial charge in [-0.2, -0.15) is 10.5 Å². The van der Waals surface area contributed by atoms with Crippen molar-refractivity contribution in [1.82, 2.24) is 15.3 Å². The van der Waals surface area contributed by atoms with Crippen LogP contribution in [0.5, 0.6) is 11.5 Å². The van der Waals surface area contributed by atoms with Crippen molar-refractivity contribution in [2.75, 3.05) is 12.8 Å². The van der Waals surface area contributed by atoms with E-state index >= 15 is 0 Å². The van der Waals surface area contributed by atoms with Gasteiger partial charge in [0.1, 0.15) is 28.2 Å². The summed E-state index contributed by atoms with van der Waals surface area (Å²) in [5.41, 5.74) is 2.85. The molecule has 0 amide bonds. The minimum absolute atomic E-state index is 0.232. The summed E-state index contributed by atoms with van der Waals surface area (Å²) in [7, 11) is 0. The highest BCUT2D eigenvalue weighted by Gasteiger charge is 2.28. The Kier molecular flexibility index (Phi) is 8.57. The van der Waals surface area contributed by atoms with E-state index < -0.39 is 0 Å². The van der Waals surface area contributed by atoms with E-state index in [9.17, 15) is 10.5 Å². The maximum Gasteiger partial charge on any atom is 0.163 e. The summed E-state index contributed by atoms with van der Waals surface area (Å²) in [6, 6.07) is 22.6. The van der Waals surface area contributed by atoms with E-state index in [2.05, 4.69) is 27.4 Å². The van der Waals surface area contributed by atoms with Gasteiger partial charge in [0.25, 0.3) is 0 Å². The van der Waals surface area contributed by atoms with E-state index in [1.807, 2.05) is 30.5 Å². The number of aromatic nitrogens is 1. The molecular formula is C27H22ClN7OS. The predicted octanol–water partition coefficient (Wildman–Crippen LogP) is 5.24. The van der Waals surface area contributed by atoms with Crippen LogP contribution in [0.3, 0.4) is 0 Å². The summed E-state index contributed by atoms with van der Waals surface area (Å²) in [6.45, 7) is 0.747. The zero-order valence-electron chi connectivity index (χ0n) is 19.9. The topological polar surface area (TPSA) is 123 Å². The van der Waals surface area contributed by atoms with Gasteiger partial charge < -0.3 is 10.1 Å². The number of pyridine rings is 1. The lowest BCUT2D eigenvalue weighted by Gasteiger charge is -2.29. The Morgan fingerprint density at radius 2 is 1.73 bits per heavy atom. The molecule has 0 spiro atoms. The van der Waals surface area contributed by atoms with Gasteiger partial charge in [-0.25, -0.2) is 10.8 Å². The largest absolute Gasteiger partial charge is 0.457 e. The van der Waals surface area contributed by atoms with Crippen molar-refractivity contribution in [2.24, 2.45) is 10.8 Å². The van der Waals surface area contributed by atoms with Crippen LogP contribution >= 0.6 is 23.4 Å². The Balaban J connectivity index is 1.50. The van der Waals surface area contributed by atoms with Gasteiger partial charge in [-0.1, -0.05) is 35.9 Å². The fourth-order valence-corrected chi connectivity index (χ4v) is 4.25. The Labute approximate surface area is 224 Å². The molecule has 3 aromatic rings. The Hall–Kier alpha value is -4.12. The number of hydrogen-bond donors (Lipinski definition) is 2. The number of ether oxygens (including phenoxy) is 1. The number of nitrogens with two attached hydrogens (primary N) is 1. The molecule has 37 heavy (non-hydrogen) atoms. The molecule has 3 N–H and O–H groups in total. The number of nitrogens with zero attached hydrogens (tertiary/aromatic N) is 5. The van der Waals surface area contributed by atoms with Crippen molar-refractivity contribution in [3.05, 3.63) is 106 Å². The van der Waals surface area contributed by atoms with Crippen molar-refractivity contribution >= 4 is 34.1 Å². The second kappa shape index (κ2) is 12.2. The summed E-state index contributed by atoms with van der Waals surface area (Å²) in [5, 5.41) is 25.4. The smallest absolute Gasteiger partial charge is 0.163 e. The van der Waals surface area contributed by atoms with Gasteiger partial charge in [0, 0.05) is 36.1 Å². The molecule has 4 rings (SSSR count). The molecule has 0 atom stereocenters. The molecule has 0 aliphatic carbocycles. The maximum atomic E-state index is 9.92. The monoisotopic (exact) mass is 527 g/mol. The van der Waals surface area contributed by atoms with E-state index in [0.29, 0.717) is 50.5 Å². The average molecular weight is 528 g/mol. The van der Waals surface area contributed by atoms with E-state index in [4.69, 9.17) is 22.2 Å². The summed E-state index contributed by atoms with van der Waals surface area (Å²) >= 11 is 7.36. The first-order valence-electron chi connectivity index (χ1n) is 11.1. The first-order valence-corrected chi connectivity index (χ1v) is 12.7. The van der Waals surface area contributed by atoms with Gasteiger partial charge in [-0.3, -0.25) is 9.99 Å². The van der Waals surface area contributed by atoms with Crippen LogP contribution < -0.4 is 15.9 Å². The molecule has 1 aliphatic rings. The molecule has 0 radical (unpaired) electrons. The number of hydrazine groups is 1. The van der Waals surface area contributed by atoms with Crippen LogP contribution in [0, 0.1) is 22.7 Å². The molecule has 0 fully saturated rings. The number of aliphatic imine (C=N–C) groups is 1. The standard InChI is InChI=1S/C27H22ClN7OS/c1-37-27-24(15-30)25(19-4-6-21(28)7-5-19)35(31)26(34-27)20(14-29)17-33-16-18-2-8-22(9-3-18)36-23-10-12-32-13-11-23/h2-13,33H,16-17,31H2,1H3/b26-20-. The summed E-state index contributed by atoms with van der Waals surface area (Å²) in [4.78, 5) is 8.52. The third-order valence-corrected chi connectivity index (χ3v) is 6.33. The zero-order chi connectivity index (χ0) is 26.2. The van der Waals surface area contributed by atoms with Gasteiger partial charge in [0.2, 0.25) is 0 Å². The lowest BCUT2D eigenvalue weighted by atomic mass is 10.0. The number of halogens is 1. The molecule has 0 saturated heterocycles. The van der Waals surface area contributed by atoms with E-state index in [-0.39, 0.29) is 12.4 Å². The SMILES string of the molecule is CSC1=N/C(=C(\C#N)CNCc2ccc(Oc3ccncc3)cc2)N(N)C(c2ccc(Cl)cc2)=C1C#N. The maximum absolute atomic E-state index is 9.92. The van der Waals surface area contributed by atoms with Crippen molar-refractivity contribution in [3.8, 4) is 23.6 Å². The number of benzene rings is 2. The third kappa shape index (κ3) is 6.18. The van der Waals surface area contributed by atoms with Gasteiger partial charge >= 0.3 is 0 Å². The number of nitrogens with one attached hydrogen (secondary N) is 1. The highest BCUT2D eigenvalue weighted by Crippen LogP contribution is 2.33. The number of thioether (sulfide) groups is 1. The molecule has 1 aromatic heterocycles. The van der Waals surface area contributed by atoms with E-state index in [1.54, 1.807) is 48.8 Å². The minimum atomic E-state index is 0.232. The molecule has 0 bridgehead atoms.